The maximum Gasteiger partial charge on any atom is 0.232 e. The highest BCUT2D eigenvalue weighted by Crippen LogP contribution is 2.34. The summed E-state index contributed by atoms with van der Waals surface area (Å²) in [5.74, 6) is 0.915. The first-order valence-electron chi connectivity index (χ1n) is 7.74. The van der Waals surface area contributed by atoms with E-state index in [1.807, 2.05) is 17.2 Å². The number of amides is 1. The zero-order valence-electron chi connectivity index (χ0n) is 12.6. The van der Waals surface area contributed by atoms with E-state index >= 15 is 0 Å². The summed E-state index contributed by atoms with van der Waals surface area (Å²) in [5.41, 5.74) is -0.261. The summed E-state index contributed by atoms with van der Waals surface area (Å²) in [5, 5.41) is 0. The van der Waals surface area contributed by atoms with E-state index in [9.17, 15) is 4.79 Å². The number of carbonyl (C=O) groups excluding carboxylic acids is 1. The molecular formula is C17H27NO. The highest BCUT2D eigenvalue weighted by atomic mass is 16.2. The predicted molar refractivity (Wildman–Crippen MR) is 79.6 cm³/mol. The van der Waals surface area contributed by atoms with E-state index in [1.165, 1.54) is 32.1 Å². The van der Waals surface area contributed by atoms with E-state index in [1.54, 1.807) is 0 Å². The molecule has 0 aromatic carbocycles. The van der Waals surface area contributed by atoms with Gasteiger partial charge in [-0.15, -0.1) is 0 Å². The van der Waals surface area contributed by atoms with Crippen LogP contribution in [0, 0.1) is 11.3 Å². The van der Waals surface area contributed by atoms with Crippen molar-refractivity contribution in [2.24, 2.45) is 11.3 Å². The van der Waals surface area contributed by atoms with Gasteiger partial charge in [-0.2, -0.15) is 0 Å². The molecule has 1 aliphatic heterocycles. The van der Waals surface area contributed by atoms with Crippen LogP contribution in [0.25, 0.3) is 0 Å². The third kappa shape index (κ3) is 3.10. The summed E-state index contributed by atoms with van der Waals surface area (Å²) in [6.45, 7) is 6.20. The molecule has 1 heterocycles. The van der Waals surface area contributed by atoms with Crippen LogP contribution in [0.4, 0.5) is 0 Å². The van der Waals surface area contributed by atoms with Crippen molar-refractivity contribution < 1.29 is 4.79 Å². The molecule has 1 amide bonds. The first-order chi connectivity index (χ1) is 9.06. The molecule has 0 saturated heterocycles. The molecule has 0 spiro atoms. The topological polar surface area (TPSA) is 20.3 Å². The Bertz CT molecular complexity index is 375. The van der Waals surface area contributed by atoms with Crippen molar-refractivity contribution in [2.45, 2.75) is 65.3 Å². The van der Waals surface area contributed by atoms with Crippen LogP contribution >= 0.6 is 0 Å². The van der Waals surface area contributed by atoms with Gasteiger partial charge in [-0.1, -0.05) is 52.2 Å². The number of allylic oxidation sites excluding steroid dienone is 2. The second-order valence-electron chi connectivity index (χ2n) is 6.56. The van der Waals surface area contributed by atoms with Crippen LogP contribution < -0.4 is 0 Å². The van der Waals surface area contributed by atoms with Crippen LogP contribution in [0.15, 0.2) is 24.4 Å². The first kappa shape index (κ1) is 14.4. The third-order valence-corrected chi connectivity index (χ3v) is 4.82. The molecule has 1 saturated carbocycles. The second kappa shape index (κ2) is 5.94. The summed E-state index contributed by atoms with van der Waals surface area (Å²) in [6, 6.07) is 0.281. The molecule has 0 aromatic heterocycles. The summed E-state index contributed by atoms with van der Waals surface area (Å²) in [6.07, 6.45) is 15.7. The van der Waals surface area contributed by atoms with Gasteiger partial charge in [0.05, 0.1) is 6.04 Å². The quantitative estimate of drug-likeness (QED) is 0.742. The normalized spacial score (nSPS) is 24.8. The van der Waals surface area contributed by atoms with E-state index in [0.29, 0.717) is 5.92 Å². The van der Waals surface area contributed by atoms with Gasteiger partial charge in [0.15, 0.2) is 0 Å². The van der Waals surface area contributed by atoms with Crippen molar-refractivity contribution >= 4 is 5.91 Å². The van der Waals surface area contributed by atoms with Gasteiger partial charge in [-0.05, 0) is 31.3 Å². The molecule has 106 valence electrons. The Hall–Kier alpha value is -1.05. The predicted octanol–water partition coefficient (Wildman–Crippen LogP) is 4.28. The van der Waals surface area contributed by atoms with Crippen LogP contribution in [0.2, 0.25) is 0 Å². The van der Waals surface area contributed by atoms with Gasteiger partial charge in [0.25, 0.3) is 0 Å². The maximum atomic E-state index is 12.7. The summed E-state index contributed by atoms with van der Waals surface area (Å²) >= 11 is 0. The minimum absolute atomic E-state index is 0.261. The first-order valence-corrected chi connectivity index (χ1v) is 7.74. The average molecular weight is 261 g/mol. The molecule has 0 bridgehead atoms. The fourth-order valence-corrected chi connectivity index (χ4v) is 3.08. The standard InChI is InChI=1S/C17H27NO/c1-4-17(2,3)16(19)18-13-9-8-12-15(18)14-10-6-5-7-11-14/h8-9,12-15H,4-7,10-11H2,1-3H3/t15-/m0/s1. The molecule has 1 atom stereocenters. The highest BCUT2D eigenvalue weighted by Gasteiger charge is 2.36. The molecule has 1 aliphatic carbocycles. The Kier molecular flexibility index (Phi) is 4.49. The number of carbonyl (C=O) groups is 1. The van der Waals surface area contributed by atoms with Crippen molar-refractivity contribution in [3.05, 3.63) is 24.4 Å². The number of hydrogen-bond acceptors (Lipinski definition) is 1. The molecule has 19 heavy (non-hydrogen) atoms. The number of hydrogen-bond donors (Lipinski definition) is 0. The van der Waals surface area contributed by atoms with Gasteiger partial charge in [0.1, 0.15) is 0 Å². The van der Waals surface area contributed by atoms with E-state index in [2.05, 4.69) is 32.9 Å². The Balaban J connectivity index is 2.15. The fraction of sp³-hybridized carbons (Fsp3) is 0.706. The number of nitrogens with zero attached hydrogens (tertiary/aromatic N) is 1. The van der Waals surface area contributed by atoms with Crippen molar-refractivity contribution in [3.8, 4) is 0 Å². The van der Waals surface area contributed by atoms with E-state index < -0.39 is 0 Å². The molecule has 0 N–H and O–H groups in total. The second-order valence-corrected chi connectivity index (χ2v) is 6.56. The largest absolute Gasteiger partial charge is 0.311 e. The van der Waals surface area contributed by atoms with Gasteiger partial charge < -0.3 is 4.90 Å². The van der Waals surface area contributed by atoms with Crippen LogP contribution in [-0.2, 0) is 4.79 Å². The molecule has 1 fully saturated rings. The van der Waals surface area contributed by atoms with E-state index in [-0.39, 0.29) is 17.4 Å². The molecule has 2 heteroatoms. The summed E-state index contributed by atoms with van der Waals surface area (Å²) < 4.78 is 0. The maximum absolute atomic E-state index is 12.7. The lowest BCUT2D eigenvalue weighted by molar-refractivity contribution is -0.140. The summed E-state index contributed by atoms with van der Waals surface area (Å²) in [4.78, 5) is 14.7. The van der Waals surface area contributed by atoms with Crippen molar-refractivity contribution in [1.82, 2.24) is 4.90 Å². The van der Waals surface area contributed by atoms with Gasteiger partial charge in [0.2, 0.25) is 5.91 Å². The molecule has 2 aliphatic rings. The van der Waals surface area contributed by atoms with Gasteiger partial charge >= 0.3 is 0 Å². The Morgan fingerprint density at radius 1 is 1.21 bits per heavy atom. The lowest BCUT2D eigenvalue weighted by Crippen LogP contribution is -2.46. The van der Waals surface area contributed by atoms with Crippen LogP contribution in [0.1, 0.15) is 59.3 Å². The Morgan fingerprint density at radius 3 is 2.53 bits per heavy atom. The molecule has 2 nitrogen and oxygen atoms in total. The minimum atomic E-state index is -0.261. The minimum Gasteiger partial charge on any atom is -0.311 e. The van der Waals surface area contributed by atoms with Crippen LogP contribution in [0.5, 0.6) is 0 Å². The number of rotatable bonds is 3. The Morgan fingerprint density at radius 2 is 1.89 bits per heavy atom. The van der Waals surface area contributed by atoms with Crippen molar-refractivity contribution in [2.75, 3.05) is 0 Å². The van der Waals surface area contributed by atoms with Crippen molar-refractivity contribution in [1.29, 1.82) is 0 Å². The smallest absolute Gasteiger partial charge is 0.232 e. The lowest BCUT2D eigenvalue weighted by atomic mass is 9.81. The Labute approximate surface area is 117 Å². The lowest BCUT2D eigenvalue weighted by Gasteiger charge is -2.40. The molecule has 0 radical (unpaired) electrons. The van der Waals surface area contributed by atoms with Crippen molar-refractivity contribution in [3.63, 3.8) is 0 Å². The SMILES string of the molecule is CCC(C)(C)C(=O)N1C=CC=C[C@H]1C1CCCCC1. The molecule has 2 rings (SSSR count). The van der Waals surface area contributed by atoms with Crippen LogP contribution in [-0.4, -0.2) is 16.8 Å². The van der Waals surface area contributed by atoms with Gasteiger partial charge in [0, 0.05) is 11.6 Å². The zero-order chi connectivity index (χ0) is 13.9. The summed E-state index contributed by atoms with van der Waals surface area (Å²) in [7, 11) is 0. The monoisotopic (exact) mass is 261 g/mol. The average Bonchev–Trinajstić information content (AvgIpc) is 2.47. The van der Waals surface area contributed by atoms with E-state index in [4.69, 9.17) is 0 Å². The molecule has 0 unspecified atom stereocenters. The van der Waals surface area contributed by atoms with Crippen LogP contribution in [0.3, 0.4) is 0 Å². The van der Waals surface area contributed by atoms with Gasteiger partial charge in [-0.25, -0.2) is 0 Å². The third-order valence-electron chi connectivity index (χ3n) is 4.82. The highest BCUT2D eigenvalue weighted by molar-refractivity contribution is 5.83. The van der Waals surface area contributed by atoms with Gasteiger partial charge in [-0.3, -0.25) is 4.79 Å². The molecule has 0 aromatic rings. The fourth-order valence-electron chi connectivity index (χ4n) is 3.08. The molecular weight excluding hydrogens is 234 g/mol. The zero-order valence-corrected chi connectivity index (χ0v) is 12.6. The van der Waals surface area contributed by atoms with E-state index in [0.717, 1.165) is 6.42 Å².